The molecule has 17 heavy (non-hydrogen) atoms. The summed E-state index contributed by atoms with van der Waals surface area (Å²) in [6.45, 7) is 7.50. The summed E-state index contributed by atoms with van der Waals surface area (Å²) >= 11 is 5.31. The van der Waals surface area contributed by atoms with Crippen molar-refractivity contribution in [2.24, 2.45) is 10.4 Å². The Morgan fingerprint density at radius 3 is 2.76 bits per heavy atom. The number of benzene rings is 1. The van der Waals surface area contributed by atoms with Crippen molar-refractivity contribution in [2.75, 3.05) is 17.6 Å². The molecule has 0 fully saturated rings. The third-order valence-corrected chi connectivity index (χ3v) is 4.98. The van der Waals surface area contributed by atoms with Crippen molar-refractivity contribution in [3.05, 3.63) is 28.2 Å². The van der Waals surface area contributed by atoms with Gasteiger partial charge in [0.1, 0.15) is 0 Å². The molecule has 0 spiro atoms. The average Bonchev–Trinajstić information content (AvgIpc) is 2.27. The maximum Gasteiger partial charge on any atom is 0.161 e. The quantitative estimate of drug-likeness (QED) is 0.836. The number of rotatable bonds is 1. The van der Waals surface area contributed by atoms with E-state index in [0.29, 0.717) is 5.41 Å². The molecule has 4 heteroatoms. The molecule has 2 rings (SSSR count). The lowest BCUT2D eigenvalue weighted by molar-refractivity contribution is 0.438. The van der Waals surface area contributed by atoms with Crippen molar-refractivity contribution in [1.29, 1.82) is 0 Å². The van der Waals surface area contributed by atoms with Crippen LogP contribution in [0.1, 0.15) is 19.4 Å². The van der Waals surface area contributed by atoms with Crippen molar-refractivity contribution in [3.63, 3.8) is 0 Å². The Labute approximate surface area is 115 Å². The van der Waals surface area contributed by atoms with Crippen LogP contribution in [0.2, 0.25) is 0 Å². The third-order valence-electron chi connectivity index (χ3n) is 2.66. The maximum atomic E-state index is 4.59. The van der Waals surface area contributed by atoms with E-state index in [2.05, 4.69) is 65.2 Å². The maximum absolute atomic E-state index is 4.59. The zero-order valence-corrected chi connectivity index (χ0v) is 12.8. The lowest BCUT2D eigenvalue weighted by Crippen LogP contribution is -2.27. The van der Waals surface area contributed by atoms with E-state index in [1.165, 1.54) is 5.56 Å². The SMILES string of the molecule is Cc1cc(NC2=NCC(C)(C)CS2)ccc1Br. The van der Waals surface area contributed by atoms with Crippen LogP contribution in [-0.2, 0) is 0 Å². The van der Waals surface area contributed by atoms with Gasteiger partial charge in [-0.15, -0.1) is 0 Å². The van der Waals surface area contributed by atoms with Crippen LogP contribution in [0.15, 0.2) is 27.7 Å². The minimum atomic E-state index is 0.325. The number of aliphatic imine (C=N–C) groups is 1. The van der Waals surface area contributed by atoms with Gasteiger partial charge in [0.2, 0.25) is 0 Å². The number of thioether (sulfide) groups is 1. The van der Waals surface area contributed by atoms with Gasteiger partial charge in [0.05, 0.1) is 0 Å². The summed E-state index contributed by atoms with van der Waals surface area (Å²) in [6, 6.07) is 6.27. The summed E-state index contributed by atoms with van der Waals surface area (Å²) in [4.78, 5) is 4.59. The lowest BCUT2D eigenvalue weighted by atomic mass is 9.97. The number of halogens is 1. The Morgan fingerprint density at radius 2 is 2.18 bits per heavy atom. The summed E-state index contributed by atoms with van der Waals surface area (Å²) in [5.41, 5.74) is 2.67. The molecule has 0 aromatic heterocycles. The van der Waals surface area contributed by atoms with Crippen LogP contribution < -0.4 is 5.32 Å². The van der Waals surface area contributed by atoms with E-state index in [4.69, 9.17) is 0 Å². The minimum absolute atomic E-state index is 0.325. The van der Waals surface area contributed by atoms with Gasteiger partial charge in [-0.3, -0.25) is 4.99 Å². The fourth-order valence-electron chi connectivity index (χ4n) is 1.56. The minimum Gasteiger partial charge on any atom is -0.335 e. The lowest BCUT2D eigenvalue weighted by Gasteiger charge is -2.27. The van der Waals surface area contributed by atoms with Crippen LogP contribution in [0, 0.1) is 12.3 Å². The number of hydrogen-bond acceptors (Lipinski definition) is 3. The first-order valence-electron chi connectivity index (χ1n) is 5.67. The molecule has 2 nitrogen and oxygen atoms in total. The Kier molecular flexibility index (Phi) is 3.83. The summed E-state index contributed by atoms with van der Waals surface area (Å²) in [6.07, 6.45) is 0. The first-order chi connectivity index (χ1) is 7.96. The number of amidine groups is 1. The fourth-order valence-corrected chi connectivity index (χ4v) is 2.77. The summed E-state index contributed by atoms with van der Waals surface area (Å²) in [5.74, 6) is 1.12. The van der Waals surface area contributed by atoms with E-state index >= 15 is 0 Å². The molecule has 1 aliphatic rings. The molecule has 0 saturated carbocycles. The highest BCUT2D eigenvalue weighted by Crippen LogP contribution is 2.29. The molecule has 0 saturated heterocycles. The van der Waals surface area contributed by atoms with Gasteiger partial charge in [-0.2, -0.15) is 0 Å². The van der Waals surface area contributed by atoms with Gasteiger partial charge < -0.3 is 5.32 Å². The zero-order valence-electron chi connectivity index (χ0n) is 10.4. The van der Waals surface area contributed by atoms with Crippen molar-refractivity contribution in [3.8, 4) is 0 Å². The molecular weight excluding hydrogens is 296 g/mol. The summed E-state index contributed by atoms with van der Waals surface area (Å²) in [7, 11) is 0. The van der Waals surface area contributed by atoms with Gasteiger partial charge in [-0.25, -0.2) is 0 Å². The van der Waals surface area contributed by atoms with Crippen LogP contribution in [-0.4, -0.2) is 17.5 Å². The number of nitrogens with one attached hydrogen (secondary N) is 1. The van der Waals surface area contributed by atoms with Crippen molar-refractivity contribution >= 4 is 38.5 Å². The average molecular weight is 313 g/mol. The van der Waals surface area contributed by atoms with Gasteiger partial charge >= 0.3 is 0 Å². The first-order valence-corrected chi connectivity index (χ1v) is 7.45. The van der Waals surface area contributed by atoms with Gasteiger partial charge in [0, 0.05) is 22.5 Å². The monoisotopic (exact) mass is 312 g/mol. The van der Waals surface area contributed by atoms with E-state index in [0.717, 1.165) is 27.6 Å². The molecule has 0 amide bonds. The van der Waals surface area contributed by atoms with Crippen LogP contribution >= 0.6 is 27.7 Å². The van der Waals surface area contributed by atoms with Crippen molar-refractivity contribution < 1.29 is 0 Å². The van der Waals surface area contributed by atoms with E-state index in [-0.39, 0.29) is 0 Å². The van der Waals surface area contributed by atoms with Crippen LogP contribution in [0.4, 0.5) is 5.69 Å². The normalized spacial score (nSPS) is 18.7. The van der Waals surface area contributed by atoms with E-state index in [1.807, 2.05) is 0 Å². The Morgan fingerprint density at radius 1 is 1.41 bits per heavy atom. The standard InChI is InChI=1S/C13H17BrN2S/c1-9-6-10(4-5-11(9)14)16-12-15-7-13(2,3)8-17-12/h4-6H,7-8H2,1-3H3,(H,15,16). The number of anilines is 1. The largest absolute Gasteiger partial charge is 0.335 e. The van der Waals surface area contributed by atoms with Gasteiger partial charge in [0.15, 0.2) is 5.17 Å². The zero-order chi connectivity index (χ0) is 12.5. The predicted octanol–water partition coefficient (Wildman–Crippen LogP) is 4.30. The topological polar surface area (TPSA) is 24.4 Å². The van der Waals surface area contributed by atoms with Crippen molar-refractivity contribution in [2.45, 2.75) is 20.8 Å². The number of aryl methyl sites for hydroxylation is 1. The molecule has 0 atom stereocenters. The highest BCUT2D eigenvalue weighted by molar-refractivity contribution is 9.10. The predicted molar refractivity (Wildman–Crippen MR) is 81.0 cm³/mol. The molecule has 0 bridgehead atoms. The molecule has 0 radical (unpaired) electrons. The highest BCUT2D eigenvalue weighted by atomic mass is 79.9. The summed E-state index contributed by atoms with van der Waals surface area (Å²) in [5, 5.41) is 4.41. The van der Waals surface area contributed by atoms with Gasteiger partial charge in [-0.05, 0) is 36.1 Å². The molecule has 1 aliphatic heterocycles. The van der Waals surface area contributed by atoms with E-state index < -0.39 is 0 Å². The third kappa shape index (κ3) is 3.49. The number of hydrogen-bond donors (Lipinski definition) is 1. The molecule has 1 aromatic carbocycles. The second kappa shape index (κ2) is 5.02. The van der Waals surface area contributed by atoms with E-state index in [9.17, 15) is 0 Å². The molecular formula is C13H17BrN2S. The molecule has 0 unspecified atom stereocenters. The summed E-state index contributed by atoms with van der Waals surface area (Å²) < 4.78 is 1.14. The Bertz CT molecular complexity index is 455. The Hall–Kier alpha value is -0.480. The first kappa shape index (κ1) is 13.0. The van der Waals surface area contributed by atoms with Gasteiger partial charge in [0.25, 0.3) is 0 Å². The second-order valence-electron chi connectivity index (χ2n) is 5.16. The molecule has 1 N–H and O–H groups in total. The molecule has 0 aliphatic carbocycles. The Balaban J connectivity index is 2.07. The molecule has 1 heterocycles. The van der Waals surface area contributed by atoms with Crippen LogP contribution in [0.5, 0.6) is 0 Å². The highest BCUT2D eigenvalue weighted by Gasteiger charge is 2.23. The van der Waals surface area contributed by atoms with E-state index in [1.54, 1.807) is 11.8 Å². The van der Waals surface area contributed by atoms with Crippen LogP contribution in [0.25, 0.3) is 0 Å². The van der Waals surface area contributed by atoms with Crippen molar-refractivity contribution in [1.82, 2.24) is 0 Å². The van der Waals surface area contributed by atoms with Crippen LogP contribution in [0.3, 0.4) is 0 Å². The smallest absolute Gasteiger partial charge is 0.161 e. The molecule has 92 valence electrons. The van der Waals surface area contributed by atoms with Gasteiger partial charge in [-0.1, -0.05) is 41.5 Å². The molecule has 1 aromatic rings. The fraction of sp³-hybridized carbons (Fsp3) is 0.462. The second-order valence-corrected chi connectivity index (χ2v) is 6.98. The number of nitrogens with zero attached hydrogens (tertiary/aromatic N) is 1.